The zero-order valence-electron chi connectivity index (χ0n) is 10.1. The number of nitrogens with two attached hydrogens (primary N) is 1. The van der Waals surface area contributed by atoms with E-state index >= 15 is 0 Å². The molecule has 0 fully saturated rings. The summed E-state index contributed by atoms with van der Waals surface area (Å²) in [5.74, 6) is -0.290. The van der Waals surface area contributed by atoms with Crippen molar-refractivity contribution in [3.8, 4) is 0 Å². The molecule has 2 N–H and O–H groups in total. The SMILES string of the molecule is COC(=O)[C@@H](N)Cc1ccc(CC(C)=O)cc1. The molecule has 0 saturated heterocycles. The zero-order chi connectivity index (χ0) is 12.8. The summed E-state index contributed by atoms with van der Waals surface area (Å²) in [5.41, 5.74) is 7.57. The Morgan fingerprint density at radius 2 is 1.76 bits per heavy atom. The molecular weight excluding hydrogens is 218 g/mol. The number of carbonyl (C=O) groups excluding carboxylic acids is 2. The number of ketones is 1. The predicted octanol–water partition coefficient (Wildman–Crippen LogP) is 0.861. The van der Waals surface area contributed by atoms with Crippen molar-refractivity contribution in [2.75, 3.05) is 7.11 Å². The minimum atomic E-state index is -0.640. The van der Waals surface area contributed by atoms with Gasteiger partial charge in [-0.3, -0.25) is 9.59 Å². The summed E-state index contributed by atoms with van der Waals surface area (Å²) < 4.78 is 4.55. The van der Waals surface area contributed by atoms with Crippen LogP contribution in [0.1, 0.15) is 18.1 Å². The quantitative estimate of drug-likeness (QED) is 0.768. The second-order valence-electron chi connectivity index (χ2n) is 4.03. The minimum Gasteiger partial charge on any atom is -0.468 e. The molecular formula is C13H17NO3. The van der Waals surface area contributed by atoms with Gasteiger partial charge in [-0.05, 0) is 24.5 Å². The molecule has 0 aliphatic heterocycles. The van der Waals surface area contributed by atoms with Gasteiger partial charge >= 0.3 is 5.97 Å². The van der Waals surface area contributed by atoms with Crippen LogP contribution in [-0.2, 0) is 27.2 Å². The van der Waals surface area contributed by atoms with Gasteiger partial charge in [-0.15, -0.1) is 0 Å². The molecule has 0 saturated carbocycles. The fourth-order valence-corrected chi connectivity index (χ4v) is 1.57. The van der Waals surface area contributed by atoms with Gasteiger partial charge in [-0.1, -0.05) is 24.3 Å². The summed E-state index contributed by atoms with van der Waals surface area (Å²) >= 11 is 0. The van der Waals surface area contributed by atoms with Crippen LogP contribution in [0.25, 0.3) is 0 Å². The molecule has 0 radical (unpaired) electrons. The smallest absolute Gasteiger partial charge is 0.322 e. The number of hydrogen-bond acceptors (Lipinski definition) is 4. The lowest BCUT2D eigenvalue weighted by Gasteiger charge is -2.09. The van der Waals surface area contributed by atoms with Crippen LogP contribution in [0.15, 0.2) is 24.3 Å². The summed E-state index contributed by atoms with van der Waals surface area (Å²) in [4.78, 5) is 22.1. The molecule has 0 aliphatic rings. The molecule has 0 heterocycles. The van der Waals surface area contributed by atoms with Crippen LogP contribution >= 0.6 is 0 Å². The van der Waals surface area contributed by atoms with Crippen molar-refractivity contribution in [1.29, 1.82) is 0 Å². The third kappa shape index (κ3) is 4.36. The van der Waals surface area contributed by atoms with Crippen molar-refractivity contribution in [3.63, 3.8) is 0 Å². The standard InChI is InChI=1S/C13H17NO3/c1-9(15)7-10-3-5-11(6-4-10)8-12(14)13(16)17-2/h3-6,12H,7-8,14H2,1-2H3/t12-/m0/s1. The van der Waals surface area contributed by atoms with Crippen LogP contribution in [-0.4, -0.2) is 24.9 Å². The average Bonchev–Trinajstić information content (AvgIpc) is 2.30. The Balaban J connectivity index is 2.62. The highest BCUT2D eigenvalue weighted by molar-refractivity contribution is 5.78. The highest BCUT2D eigenvalue weighted by Gasteiger charge is 2.13. The van der Waals surface area contributed by atoms with E-state index in [-0.39, 0.29) is 5.78 Å². The molecule has 0 amide bonds. The summed E-state index contributed by atoms with van der Waals surface area (Å²) in [6, 6.07) is 6.86. The summed E-state index contributed by atoms with van der Waals surface area (Å²) in [7, 11) is 1.32. The van der Waals surface area contributed by atoms with Gasteiger partial charge in [0.15, 0.2) is 0 Å². The Kier molecular flexibility index (Phi) is 4.84. The number of hydrogen-bond donors (Lipinski definition) is 1. The van der Waals surface area contributed by atoms with Gasteiger partial charge in [0.25, 0.3) is 0 Å². The van der Waals surface area contributed by atoms with Gasteiger partial charge in [0.2, 0.25) is 0 Å². The highest BCUT2D eigenvalue weighted by atomic mass is 16.5. The van der Waals surface area contributed by atoms with Gasteiger partial charge < -0.3 is 10.5 Å². The van der Waals surface area contributed by atoms with E-state index in [1.165, 1.54) is 7.11 Å². The third-order valence-corrected chi connectivity index (χ3v) is 2.44. The summed E-state index contributed by atoms with van der Waals surface area (Å²) in [6.45, 7) is 1.56. The Hall–Kier alpha value is -1.68. The molecule has 0 aromatic heterocycles. The fourth-order valence-electron chi connectivity index (χ4n) is 1.57. The van der Waals surface area contributed by atoms with Crippen molar-refractivity contribution in [2.24, 2.45) is 5.73 Å². The first-order chi connectivity index (χ1) is 8.02. The van der Waals surface area contributed by atoms with Crippen molar-refractivity contribution in [3.05, 3.63) is 35.4 Å². The molecule has 0 aliphatic carbocycles. The van der Waals surface area contributed by atoms with E-state index in [1.807, 2.05) is 24.3 Å². The van der Waals surface area contributed by atoms with Gasteiger partial charge in [0.05, 0.1) is 7.11 Å². The fraction of sp³-hybridized carbons (Fsp3) is 0.385. The molecule has 17 heavy (non-hydrogen) atoms. The molecule has 4 nitrogen and oxygen atoms in total. The van der Waals surface area contributed by atoms with Crippen molar-refractivity contribution in [1.82, 2.24) is 0 Å². The molecule has 0 unspecified atom stereocenters. The number of methoxy groups -OCH3 is 1. The lowest BCUT2D eigenvalue weighted by molar-refractivity contribution is -0.142. The first kappa shape index (κ1) is 13.4. The molecule has 1 rings (SSSR count). The highest BCUT2D eigenvalue weighted by Crippen LogP contribution is 2.08. The van der Waals surface area contributed by atoms with E-state index in [4.69, 9.17) is 5.73 Å². The molecule has 1 atom stereocenters. The number of esters is 1. The van der Waals surface area contributed by atoms with Crippen LogP contribution in [0, 0.1) is 0 Å². The Labute approximate surface area is 101 Å². The van der Waals surface area contributed by atoms with Crippen LogP contribution in [0.3, 0.4) is 0 Å². The zero-order valence-corrected chi connectivity index (χ0v) is 10.1. The van der Waals surface area contributed by atoms with Gasteiger partial charge in [-0.25, -0.2) is 0 Å². The second kappa shape index (κ2) is 6.15. The maximum atomic E-state index is 11.1. The maximum Gasteiger partial charge on any atom is 0.322 e. The Morgan fingerprint density at radius 1 is 1.24 bits per heavy atom. The largest absolute Gasteiger partial charge is 0.468 e. The number of benzene rings is 1. The topological polar surface area (TPSA) is 69.4 Å². The lowest BCUT2D eigenvalue weighted by Crippen LogP contribution is -2.33. The number of carbonyl (C=O) groups is 2. The molecule has 1 aromatic carbocycles. The Morgan fingerprint density at radius 3 is 2.24 bits per heavy atom. The summed E-state index contributed by atoms with van der Waals surface area (Å²) in [6.07, 6.45) is 0.871. The van der Waals surface area contributed by atoms with Crippen LogP contribution in [0.4, 0.5) is 0 Å². The number of ether oxygens (including phenoxy) is 1. The average molecular weight is 235 g/mol. The van der Waals surface area contributed by atoms with Crippen LogP contribution < -0.4 is 5.73 Å². The molecule has 92 valence electrons. The third-order valence-electron chi connectivity index (χ3n) is 2.44. The first-order valence-corrected chi connectivity index (χ1v) is 5.43. The predicted molar refractivity (Wildman–Crippen MR) is 64.5 cm³/mol. The van der Waals surface area contributed by atoms with Crippen molar-refractivity contribution >= 4 is 11.8 Å². The van der Waals surface area contributed by atoms with E-state index in [9.17, 15) is 9.59 Å². The molecule has 1 aromatic rings. The van der Waals surface area contributed by atoms with Crippen molar-refractivity contribution < 1.29 is 14.3 Å². The van der Waals surface area contributed by atoms with E-state index < -0.39 is 12.0 Å². The maximum absolute atomic E-state index is 11.1. The van der Waals surface area contributed by atoms with Gasteiger partial charge in [-0.2, -0.15) is 0 Å². The van der Waals surface area contributed by atoms with Crippen LogP contribution in [0.5, 0.6) is 0 Å². The first-order valence-electron chi connectivity index (χ1n) is 5.43. The van der Waals surface area contributed by atoms with Crippen LogP contribution in [0.2, 0.25) is 0 Å². The number of rotatable bonds is 5. The lowest BCUT2D eigenvalue weighted by atomic mass is 10.0. The van der Waals surface area contributed by atoms with E-state index in [2.05, 4.69) is 4.74 Å². The van der Waals surface area contributed by atoms with E-state index in [0.29, 0.717) is 12.8 Å². The van der Waals surface area contributed by atoms with Crippen molar-refractivity contribution in [2.45, 2.75) is 25.8 Å². The Bertz CT molecular complexity index is 398. The molecule has 0 bridgehead atoms. The second-order valence-corrected chi connectivity index (χ2v) is 4.03. The van der Waals surface area contributed by atoms with E-state index in [0.717, 1.165) is 11.1 Å². The minimum absolute atomic E-state index is 0.129. The van der Waals surface area contributed by atoms with E-state index in [1.54, 1.807) is 6.92 Å². The monoisotopic (exact) mass is 235 g/mol. The summed E-state index contributed by atoms with van der Waals surface area (Å²) in [5, 5.41) is 0. The normalized spacial score (nSPS) is 11.9. The van der Waals surface area contributed by atoms with Gasteiger partial charge in [0, 0.05) is 6.42 Å². The van der Waals surface area contributed by atoms with Gasteiger partial charge in [0.1, 0.15) is 11.8 Å². The molecule has 4 heteroatoms. The molecule has 0 spiro atoms. The number of Topliss-reactive ketones (excluding diaryl/α,β-unsaturated/α-hetero) is 1.